The number of aliphatic hydroxyl groups is 1. The SMILES string of the molecule is CC/C=C\C/C=C\C/C=C\CCCCCCCC(=O)OCC(O)COP(=O)(O)OCC(NC(=O)CC)C(=O)O. The van der Waals surface area contributed by atoms with E-state index < -0.39 is 57.6 Å². The van der Waals surface area contributed by atoms with Crippen LogP contribution in [0.25, 0.3) is 0 Å². The van der Waals surface area contributed by atoms with Crippen molar-refractivity contribution in [2.24, 2.45) is 0 Å². The summed E-state index contributed by atoms with van der Waals surface area (Å²) >= 11 is 0. The van der Waals surface area contributed by atoms with Crippen LogP contribution in [0.15, 0.2) is 36.5 Å². The minimum atomic E-state index is -4.71. The number of hydrogen-bond donors (Lipinski definition) is 4. The Balaban J connectivity index is 3.88. The smallest absolute Gasteiger partial charge is 0.472 e. The van der Waals surface area contributed by atoms with Crippen LogP contribution in [0.5, 0.6) is 0 Å². The summed E-state index contributed by atoms with van der Waals surface area (Å²) in [5.41, 5.74) is 0. The highest BCUT2D eigenvalue weighted by Gasteiger charge is 2.28. The maximum absolute atomic E-state index is 11.9. The van der Waals surface area contributed by atoms with Gasteiger partial charge in [-0.2, -0.15) is 0 Å². The number of ether oxygens (including phenoxy) is 1. The highest BCUT2D eigenvalue weighted by molar-refractivity contribution is 7.47. The second-order valence-corrected chi connectivity index (χ2v) is 10.3. The molecular formula is C27H46NO10P. The minimum absolute atomic E-state index is 0.0240. The average Bonchev–Trinajstić information content (AvgIpc) is 2.90. The number of aliphatic hydroxyl groups excluding tert-OH is 1. The summed E-state index contributed by atoms with van der Waals surface area (Å²) in [7, 11) is -4.71. The van der Waals surface area contributed by atoms with Gasteiger partial charge in [0.2, 0.25) is 5.91 Å². The summed E-state index contributed by atoms with van der Waals surface area (Å²) in [5.74, 6) is -2.52. The third-order valence-corrected chi connectivity index (χ3v) is 6.21. The molecule has 3 unspecified atom stereocenters. The van der Waals surface area contributed by atoms with Gasteiger partial charge in [-0.15, -0.1) is 0 Å². The highest BCUT2D eigenvalue weighted by Crippen LogP contribution is 2.43. The van der Waals surface area contributed by atoms with E-state index in [4.69, 9.17) is 9.84 Å². The van der Waals surface area contributed by atoms with Crippen LogP contribution in [0.1, 0.15) is 84.5 Å². The van der Waals surface area contributed by atoms with Crippen LogP contribution in [0.3, 0.4) is 0 Å². The highest BCUT2D eigenvalue weighted by atomic mass is 31.2. The predicted octanol–water partition coefficient (Wildman–Crippen LogP) is 4.59. The van der Waals surface area contributed by atoms with Crippen molar-refractivity contribution in [3.05, 3.63) is 36.5 Å². The van der Waals surface area contributed by atoms with E-state index in [1.165, 1.54) is 6.92 Å². The Bertz CT molecular complexity index is 827. The first-order valence-electron chi connectivity index (χ1n) is 13.5. The maximum Gasteiger partial charge on any atom is 0.472 e. The summed E-state index contributed by atoms with van der Waals surface area (Å²) in [6.45, 7) is 1.71. The molecule has 0 spiro atoms. The summed E-state index contributed by atoms with van der Waals surface area (Å²) in [6.07, 6.45) is 20.6. The Morgan fingerprint density at radius 2 is 1.44 bits per heavy atom. The number of carbonyl (C=O) groups excluding carboxylic acids is 2. The molecule has 0 aliphatic rings. The van der Waals surface area contributed by atoms with Gasteiger partial charge in [0, 0.05) is 12.8 Å². The molecular weight excluding hydrogens is 529 g/mol. The van der Waals surface area contributed by atoms with E-state index in [1.807, 2.05) is 0 Å². The number of carboxylic acid groups (broad SMARTS) is 1. The second-order valence-electron chi connectivity index (χ2n) is 8.81. The fraction of sp³-hybridized carbons (Fsp3) is 0.667. The zero-order valence-corrected chi connectivity index (χ0v) is 24.1. The molecule has 224 valence electrons. The first-order valence-corrected chi connectivity index (χ1v) is 15.0. The minimum Gasteiger partial charge on any atom is -0.480 e. The summed E-state index contributed by atoms with van der Waals surface area (Å²) in [4.78, 5) is 43.9. The molecule has 1 amide bonds. The number of esters is 1. The predicted molar refractivity (Wildman–Crippen MR) is 148 cm³/mol. The molecule has 11 nitrogen and oxygen atoms in total. The van der Waals surface area contributed by atoms with Crippen LogP contribution in [0, 0.1) is 0 Å². The third kappa shape index (κ3) is 23.3. The lowest BCUT2D eigenvalue weighted by Gasteiger charge is -2.18. The molecule has 12 heteroatoms. The molecule has 0 bridgehead atoms. The van der Waals surface area contributed by atoms with E-state index in [2.05, 4.69) is 57.7 Å². The Morgan fingerprint density at radius 1 is 0.846 bits per heavy atom. The van der Waals surface area contributed by atoms with Crippen LogP contribution in [0.4, 0.5) is 0 Å². The van der Waals surface area contributed by atoms with Crippen LogP contribution < -0.4 is 5.32 Å². The van der Waals surface area contributed by atoms with Crippen LogP contribution >= 0.6 is 7.82 Å². The number of carbonyl (C=O) groups is 3. The van der Waals surface area contributed by atoms with Gasteiger partial charge in [-0.1, -0.05) is 69.6 Å². The number of unbranched alkanes of at least 4 members (excludes halogenated alkanes) is 5. The van der Waals surface area contributed by atoms with Gasteiger partial charge in [0.1, 0.15) is 12.7 Å². The Labute approximate surface area is 231 Å². The molecule has 0 radical (unpaired) electrons. The lowest BCUT2D eigenvalue weighted by atomic mass is 10.1. The number of nitrogens with one attached hydrogen (secondary N) is 1. The van der Waals surface area contributed by atoms with Gasteiger partial charge >= 0.3 is 19.8 Å². The zero-order valence-electron chi connectivity index (χ0n) is 23.2. The van der Waals surface area contributed by atoms with E-state index >= 15 is 0 Å². The molecule has 0 aromatic rings. The van der Waals surface area contributed by atoms with Crippen molar-refractivity contribution >= 4 is 25.7 Å². The average molecular weight is 576 g/mol. The van der Waals surface area contributed by atoms with E-state index in [1.54, 1.807) is 0 Å². The van der Waals surface area contributed by atoms with Crippen molar-refractivity contribution in [3.8, 4) is 0 Å². The topological polar surface area (TPSA) is 169 Å². The molecule has 0 fully saturated rings. The number of amides is 1. The van der Waals surface area contributed by atoms with Crippen LogP contribution in [0.2, 0.25) is 0 Å². The third-order valence-electron chi connectivity index (χ3n) is 5.26. The van der Waals surface area contributed by atoms with Gasteiger partial charge < -0.3 is 25.2 Å². The monoisotopic (exact) mass is 575 g/mol. The fourth-order valence-corrected chi connectivity index (χ4v) is 3.83. The van der Waals surface area contributed by atoms with Gasteiger partial charge in [-0.3, -0.25) is 18.6 Å². The largest absolute Gasteiger partial charge is 0.480 e. The van der Waals surface area contributed by atoms with Crippen LogP contribution in [-0.2, 0) is 32.7 Å². The normalized spacial score (nSPS) is 15.0. The van der Waals surface area contributed by atoms with Gasteiger partial charge in [0.05, 0.1) is 13.2 Å². The van der Waals surface area contributed by atoms with Gasteiger partial charge in [0.25, 0.3) is 0 Å². The number of hydrogen-bond acceptors (Lipinski definition) is 8. The van der Waals surface area contributed by atoms with Crippen molar-refractivity contribution in [1.29, 1.82) is 0 Å². The van der Waals surface area contributed by atoms with Gasteiger partial charge in [0.15, 0.2) is 6.04 Å². The first kappa shape index (κ1) is 36.7. The van der Waals surface area contributed by atoms with Crippen molar-refractivity contribution in [1.82, 2.24) is 5.32 Å². The first-order chi connectivity index (χ1) is 18.6. The number of phosphoric ester groups is 1. The molecule has 0 aliphatic carbocycles. The van der Waals surface area contributed by atoms with Crippen molar-refractivity contribution in [2.75, 3.05) is 19.8 Å². The summed E-state index contributed by atoms with van der Waals surface area (Å²) < 4.78 is 26.0. The van der Waals surface area contributed by atoms with E-state index in [9.17, 15) is 28.9 Å². The van der Waals surface area contributed by atoms with E-state index in [0.717, 1.165) is 51.4 Å². The molecule has 0 heterocycles. The fourth-order valence-electron chi connectivity index (χ4n) is 3.06. The van der Waals surface area contributed by atoms with Gasteiger partial charge in [-0.05, 0) is 38.5 Å². The second kappa shape index (κ2) is 23.6. The molecule has 0 aromatic carbocycles. The summed E-state index contributed by atoms with van der Waals surface area (Å²) in [5, 5.41) is 21.0. The quantitative estimate of drug-likeness (QED) is 0.0552. The van der Waals surface area contributed by atoms with E-state index in [0.29, 0.717) is 6.42 Å². The number of phosphoric acid groups is 1. The number of rotatable bonds is 24. The molecule has 0 aromatic heterocycles. The van der Waals surface area contributed by atoms with Crippen molar-refractivity contribution in [2.45, 2.75) is 96.6 Å². The molecule has 0 saturated carbocycles. The molecule has 39 heavy (non-hydrogen) atoms. The molecule has 0 rings (SSSR count). The van der Waals surface area contributed by atoms with Crippen molar-refractivity contribution < 1.29 is 47.8 Å². The Hall–Kier alpha value is -2.30. The number of aliphatic carboxylic acids is 1. The number of carboxylic acids is 1. The lowest BCUT2D eigenvalue weighted by Crippen LogP contribution is -2.43. The van der Waals surface area contributed by atoms with E-state index in [-0.39, 0.29) is 12.8 Å². The zero-order chi connectivity index (χ0) is 29.4. The number of allylic oxidation sites excluding steroid dienone is 6. The Morgan fingerprint density at radius 3 is 2.08 bits per heavy atom. The maximum atomic E-state index is 11.9. The summed E-state index contributed by atoms with van der Waals surface area (Å²) in [6, 6.07) is -1.54. The molecule has 3 atom stereocenters. The van der Waals surface area contributed by atoms with Crippen molar-refractivity contribution in [3.63, 3.8) is 0 Å². The lowest BCUT2D eigenvalue weighted by molar-refractivity contribution is -0.147. The van der Waals surface area contributed by atoms with Gasteiger partial charge in [-0.25, -0.2) is 9.36 Å². The standard InChI is InChI=1S/C27H46NO10P/c1-3-5-6-7-8-9-10-11-12-13-14-15-16-17-18-19-26(31)36-20-23(29)21-37-39(34,35)38-22-24(27(32)33)28-25(30)4-2/h5-6,8-9,11-12,23-24,29H,3-4,7,10,13-22H2,1-2H3,(H,28,30)(H,32,33)(H,34,35)/b6-5-,9-8-,12-11-. The van der Waals surface area contributed by atoms with Crippen LogP contribution in [-0.4, -0.2) is 64.9 Å². The molecule has 0 saturated heterocycles. The molecule has 4 N–H and O–H groups in total. The molecule has 0 aliphatic heterocycles. The Kier molecular flexibility index (Phi) is 22.2.